The van der Waals surface area contributed by atoms with Gasteiger partial charge >= 0.3 is 0 Å². The van der Waals surface area contributed by atoms with Crippen LogP contribution in [0.5, 0.6) is 0 Å². The number of benzene rings is 1. The third kappa shape index (κ3) is 5.71. The Labute approximate surface area is 169 Å². The third-order valence-electron chi connectivity index (χ3n) is 6.03. The zero-order valence-corrected chi connectivity index (χ0v) is 17.4. The van der Waals surface area contributed by atoms with E-state index >= 15 is 0 Å². The highest BCUT2D eigenvalue weighted by molar-refractivity contribution is 5.80. The Balaban J connectivity index is 1.31. The van der Waals surface area contributed by atoms with Gasteiger partial charge in [-0.15, -0.1) is 0 Å². The van der Waals surface area contributed by atoms with Gasteiger partial charge in [-0.25, -0.2) is 0 Å². The molecule has 28 heavy (non-hydrogen) atoms. The van der Waals surface area contributed by atoms with Crippen molar-refractivity contribution in [1.82, 2.24) is 20.4 Å². The van der Waals surface area contributed by atoms with Crippen LogP contribution in [0.25, 0.3) is 0 Å². The van der Waals surface area contributed by atoms with Crippen molar-refractivity contribution in [3.8, 4) is 0 Å². The topological polar surface area (TPSA) is 60.0 Å². The lowest BCUT2D eigenvalue weighted by atomic mass is 9.84. The van der Waals surface area contributed by atoms with Crippen LogP contribution in [0, 0.1) is 5.92 Å². The lowest BCUT2D eigenvalue weighted by Gasteiger charge is -2.38. The second kappa shape index (κ2) is 10.5. The summed E-state index contributed by atoms with van der Waals surface area (Å²) in [5, 5.41) is 6.83. The number of nitrogens with zero attached hydrogens (tertiary/aromatic N) is 3. The zero-order valence-electron chi connectivity index (χ0n) is 17.4. The summed E-state index contributed by atoms with van der Waals surface area (Å²) >= 11 is 0. The number of carbonyl (C=O) groups is 1. The number of guanidine groups is 1. The van der Waals surface area contributed by atoms with Crippen molar-refractivity contribution in [2.75, 3.05) is 52.9 Å². The Morgan fingerprint density at radius 3 is 2.46 bits per heavy atom. The van der Waals surface area contributed by atoms with Gasteiger partial charge in [0.1, 0.15) is 0 Å². The van der Waals surface area contributed by atoms with E-state index < -0.39 is 0 Å². The molecular formula is C22H35N5O. The monoisotopic (exact) mass is 385 g/mol. The maximum Gasteiger partial charge on any atom is 0.225 e. The van der Waals surface area contributed by atoms with Crippen molar-refractivity contribution in [1.29, 1.82) is 0 Å². The number of rotatable bonds is 7. The molecule has 6 nitrogen and oxygen atoms in total. The number of aliphatic imine (C=N–C) groups is 1. The molecule has 1 aliphatic carbocycles. The van der Waals surface area contributed by atoms with E-state index in [0.717, 1.165) is 64.6 Å². The molecule has 2 fully saturated rings. The van der Waals surface area contributed by atoms with Crippen LogP contribution in [0.4, 0.5) is 0 Å². The molecule has 1 aromatic rings. The number of nitrogens with one attached hydrogen (secondary N) is 2. The number of amides is 1. The lowest BCUT2D eigenvalue weighted by molar-refractivity contribution is -0.139. The molecule has 2 N–H and O–H groups in total. The first kappa shape index (κ1) is 20.6. The van der Waals surface area contributed by atoms with Crippen LogP contribution in [-0.2, 0) is 4.79 Å². The molecule has 154 valence electrons. The predicted molar refractivity (Wildman–Crippen MR) is 115 cm³/mol. The van der Waals surface area contributed by atoms with Gasteiger partial charge in [0.05, 0.1) is 0 Å². The van der Waals surface area contributed by atoms with E-state index in [4.69, 9.17) is 0 Å². The van der Waals surface area contributed by atoms with E-state index in [9.17, 15) is 4.79 Å². The Kier molecular flexibility index (Phi) is 7.71. The fraction of sp³-hybridized carbons (Fsp3) is 0.636. The van der Waals surface area contributed by atoms with Crippen molar-refractivity contribution in [2.24, 2.45) is 10.9 Å². The first-order valence-corrected chi connectivity index (χ1v) is 10.7. The lowest BCUT2D eigenvalue weighted by Crippen LogP contribution is -2.52. The van der Waals surface area contributed by atoms with Crippen molar-refractivity contribution in [3.05, 3.63) is 35.9 Å². The van der Waals surface area contributed by atoms with Crippen LogP contribution in [0.3, 0.4) is 0 Å². The van der Waals surface area contributed by atoms with Crippen LogP contribution >= 0.6 is 0 Å². The minimum Gasteiger partial charge on any atom is -0.356 e. The van der Waals surface area contributed by atoms with Gasteiger partial charge in [-0.3, -0.25) is 14.7 Å². The first-order chi connectivity index (χ1) is 13.7. The van der Waals surface area contributed by atoms with E-state index in [0.29, 0.717) is 17.7 Å². The van der Waals surface area contributed by atoms with E-state index in [-0.39, 0.29) is 0 Å². The van der Waals surface area contributed by atoms with Gasteiger partial charge in [-0.1, -0.05) is 43.7 Å². The molecule has 1 atom stereocenters. The summed E-state index contributed by atoms with van der Waals surface area (Å²) in [6.45, 7) is 8.59. The Morgan fingerprint density at radius 1 is 1.14 bits per heavy atom. The average Bonchev–Trinajstić information content (AvgIpc) is 2.70. The van der Waals surface area contributed by atoms with Gasteiger partial charge in [0, 0.05) is 58.8 Å². The van der Waals surface area contributed by atoms with Gasteiger partial charge < -0.3 is 15.5 Å². The molecule has 1 heterocycles. The predicted octanol–water partition coefficient (Wildman–Crippen LogP) is 1.90. The molecule has 1 aliphatic heterocycles. The molecule has 0 spiro atoms. The van der Waals surface area contributed by atoms with E-state index in [1.54, 1.807) is 0 Å². The van der Waals surface area contributed by atoms with Crippen molar-refractivity contribution < 1.29 is 4.79 Å². The van der Waals surface area contributed by atoms with Gasteiger partial charge in [0.25, 0.3) is 0 Å². The molecular weight excluding hydrogens is 350 g/mol. The number of hydrogen-bond donors (Lipinski definition) is 2. The highest BCUT2D eigenvalue weighted by Crippen LogP contribution is 2.28. The molecule has 2 aliphatic rings. The molecule has 1 saturated heterocycles. The normalized spacial score (nSPS) is 19.8. The van der Waals surface area contributed by atoms with Gasteiger partial charge in [0.15, 0.2) is 5.96 Å². The summed E-state index contributed by atoms with van der Waals surface area (Å²) in [7, 11) is 1.81. The highest BCUT2D eigenvalue weighted by Gasteiger charge is 2.30. The fourth-order valence-corrected chi connectivity index (χ4v) is 3.81. The SMILES string of the molecule is CN=C(NCCN1CCN(C(=O)C2CCC2)CC1)NCC(C)c1ccccc1. The van der Waals surface area contributed by atoms with Gasteiger partial charge in [-0.2, -0.15) is 0 Å². The molecule has 1 saturated carbocycles. The maximum atomic E-state index is 12.3. The quantitative estimate of drug-likeness (QED) is 0.556. The highest BCUT2D eigenvalue weighted by atomic mass is 16.2. The van der Waals surface area contributed by atoms with Crippen molar-refractivity contribution >= 4 is 11.9 Å². The van der Waals surface area contributed by atoms with E-state index in [2.05, 4.69) is 56.6 Å². The zero-order chi connectivity index (χ0) is 19.8. The second-order valence-electron chi connectivity index (χ2n) is 7.99. The summed E-state index contributed by atoms with van der Waals surface area (Å²) in [5.74, 6) is 1.99. The second-order valence-corrected chi connectivity index (χ2v) is 7.99. The van der Waals surface area contributed by atoms with Crippen LogP contribution < -0.4 is 10.6 Å². The average molecular weight is 386 g/mol. The van der Waals surface area contributed by atoms with Crippen molar-refractivity contribution in [2.45, 2.75) is 32.1 Å². The minimum absolute atomic E-state index is 0.320. The Hall–Kier alpha value is -2.08. The van der Waals surface area contributed by atoms with Crippen LogP contribution in [0.15, 0.2) is 35.3 Å². The summed E-state index contributed by atoms with van der Waals surface area (Å²) in [4.78, 5) is 21.2. The third-order valence-corrected chi connectivity index (χ3v) is 6.03. The number of hydrogen-bond acceptors (Lipinski definition) is 3. The maximum absolute atomic E-state index is 12.3. The molecule has 1 unspecified atom stereocenters. The fourth-order valence-electron chi connectivity index (χ4n) is 3.81. The molecule has 1 aromatic carbocycles. The molecule has 0 bridgehead atoms. The molecule has 3 rings (SSSR count). The van der Waals surface area contributed by atoms with Crippen molar-refractivity contribution in [3.63, 3.8) is 0 Å². The molecule has 0 aromatic heterocycles. The largest absolute Gasteiger partial charge is 0.356 e. The minimum atomic E-state index is 0.320. The Morgan fingerprint density at radius 2 is 1.86 bits per heavy atom. The summed E-state index contributed by atoms with van der Waals surface area (Å²) < 4.78 is 0. The molecule has 0 radical (unpaired) electrons. The summed E-state index contributed by atoms with van der Waals surface area (Å²) in [6.07, 6.45) is 3.41. The Bertz CT molecular complexity index is 636. The van der Waals surface area contributed by atoms with E-state index in [1.807, 2.05) is 13.1 Å². The standard InChI is InChI=1S/C22H35N5O/c1-18(19-7-4-3-5-8-19)17-25-22(23-2)24-11-12-26-13-15-27(16-14-26)21(28)20-9-6-10-20/h3-5,7-8,18,20H,6,9-17H2,1-2H3,(H2,23,24,25). The first-order valence-electron chi connectivity index (χ1n) is 10.7. The van der Waals surface area contributed by atoms with Crippen LogP contribution in [-0.4, -0.2) is 74.5 Å². The van der Waals surface area contributed by atoms with Gasteiger partial charge in [0.2, 0.25) is 5.91 Å². The summed E-state index contributed by atoms with van der Waals surface area (Å²) in [5.41, 5.74) is 1.33. The number of piperazine rings is 1. The number of carbonyl (C=O) groups excluding carboxylic acids is 1. The summed E-state index contributed by atoms with van der Waals surface area (Å²) in [6, 6.07) is 10.5. The van der Waals surface area contributed by atoms with Gasteiger partial charge in [-0.05, 0) is 24.3 Å². The van der Waals surface area contributed by atoms with E-state index in [1.165, 1.54) is 12.0 Å². The smallest absolute Gasteiger partial charge is 0.225 e. The molecule has 1 amide bonds. The van der Waals surface area contributed by atoms with Crippen LogP contribution in [0.1, 0.15) is 37.7 Å². The molecule has 6 heteroatoms. The van der Waals surface area contributed by atoms with Crippen LogP contribution in [0.2, 0.25) is 0 Å².